The largest absolute Gasteiger partial charge is 0.381 e. The number of nitrogens with zero attached hydrogens (tertiary/aromatic N) is 4. The van der Waals surface area contributed by atoms with E-state index in [1.165, 1.54) is 63.0 Å². The fraction of sp³-hybridized carbons (Fsp3) is 0.444. The monoisotopic (exact) mass is 507 g/mol. The number of piperazine rings is 1. The van der Waals surface area contributed by atoms with Crippen LogP contribution in [0.5, 0.6) is 0 Å². The number of halogens is 1. The second kappa shape index (κ2) is 10.4. The minimum atomic E-state index is 0.535. The molecule has 0 amide bonds. The first-order valence-electron chi connectivity index (χ1n) is 12.2. The average Bonchev–Trinajstić information content (AvgIpc) is 3.35. The van der Waals surface area contributed by atoms with Crippen LogP contribution in [-0.4, -0.2) is 58.8 Å². The molecule has 3 aromatic rings. The van der Waals surface area contributed by atoms with Crippen molar-refractivity contribution in [2.24, 2.45) is 0 Å². The standard InChI is InChI=1S/C27H34BrN5/c1-31-16-18-32(19-17-31)24-10-12-25(13-11-24)33-15-14-27(30-33)21-6-8-23(9-7-21)29-20-22-4-2-3-5-26(22)28/h2-9,14-15,24-25,29H,10-13,16-20H2,1H3/t24-,25+. The molecule has 6 heteroatoms. The van der Waals surface area contributed by atoms with E-state index < -0.39 is 0 Å². The molecule has 2 aliphatic rings. The Kier molecular flexibility index (Phi) is 7.14. The van der Waals surface area contributed by atoms with Crippen LogP contribution in [0.25, 0.3) is 11.3 Å². The number of anilines is 1. The van der Waals surface area contributed by atoms with Gasteiger partial charge in [-0.15, -0.1) is 0 Å². The van der Waals surface area contributed by atoms with Crippen LogP contribution in [0.2, 0.25) is 0 Å². The Morgan fingerprint density at radius 2 is 1.58 bits per heavy atom. The van der Waals surface area contributed by atoms with Crippen molar-refractivity contribution in [2.45, 2.75) is 44.3 Å². The van der Waals surface area contributed by atoms with Crippen LogP contribution < -0.4 is 5.32 Å². The highest BCUT2D eigenvalue weighted by atomic mass is 79.9. The molecule has 2 fully saturated rings. The minimum Gasteiger partial charge on any atom is -0.381 e. The first kappa shape index (κ1) is 22.6. The van der Waals surface area contributed by atoms with E-state index in [1.54, 1.807) is 0 Å². The number of likely N-dealkylation sites (N-methyl/N-ethyl adjacent to an activating group) is 1. The molecule has 2 heterocycles. The van der Waals surface area contributed by atoms with Gasteiger partial charge in [-0.3, -0.25) is 9.58 Å². The van der Waals surface area contributed by atoms with Crippen molar-refractivity contribution in [1.82, 2.24) is 19.6 Å². The molecule has 0 atom stereocenters. The zero-order valence-corrected chi connectivity index (χ0v) is 21.0. The highest BCUT2D eigenvalue weighted by Crippen LogP contribution is 2.32. The Morgan fingerprint density at radius 3 is 2.30 bits per heavy atom. The molecule has 5 rings (SSSR count). The summed E-state index contributed by atoms with van der Waals surface area (Å²) < 4.78 is 3.35. The van der Waals surface area contributed by atoms with Crippen molar-refractivity contribution in [2.75, 3.05) is 38.5 Å². The molecule has 0 radical (unpaired) electrons. The molecule has 5 nitrogen and oxygen atoms in total. The van der Waals surface area contributed by atoms with E-state index in [4.69, 9.17) is 5.10 Å². The lowest BCUT2D eigenvalue weighted by Crippen LogP contribution is -2.49. The summed E-state index contributed by atoms with van der Waals surface area (Å²) in [5.41, 5.74) is 4.61. The molecule has 2 aromatic carbocycles. The molecule has 1 aliphatic carbocycles. The summed E-state index contributed by atoms with van der Waals surface area (Å²) in [6.07, 6.45) is 7.23. The molecule has 0 spiro atoms. The summed E-state index contributed by atoms with van der Waals surface area (Å²) in [5.74, 6) is 0. The zero-order valence-electron chi connectivity index (χ0n) is 19.5. The third-order valence-corrected chi connectivity index (χ3v) is 8.10. The molecule has 0 unspecified atom stereocenters. The van der Waals surface area contributed by atoms with Crippen molar-refractivity contribution in [3.8, 4) is 11.3 Å². The summed E-state index contributed by atoms with van der Waals surface area (Å²) in [4.78, 5) is 5.16. The number of hydrogen-bond donors (Lipinski definition) is 1. The van der Waals surface area contributed by atoms with Gasteiger partial charge in [0.05, 0.1) is 11.7 Å². The van der Waals surface area contributed by atoms with Gasteiger partial charge in [-0.25, -0.2) is 0 Å². The highest BCUT2D eigenvalue weighted by Gasteiger charge is 2.28. The van der Waals surface area contributed by atoms with Crippen molar-refractivity contribution >= 4 is 21.6 Å². The van der Waals surface area contributed by atoms with Gasteiger partial charge in [0.15, 0.2) is 0 Å². The minimum absolute atomic E-state index is 0.535. The van der Waals surface area contributed by atoms with E-state index >= 15 is 0 Å². The quantitative estimate of drug-likeness (QED) is 0.467. The predicted molar refractivity (Wildman–Crippen MR) is 139 cm³/mol. The molecule has 1 N–H and O–H groups in total. The van der Waals surface area contributed by atoms with Gasteiger partial charge in [0.1, 0.15) is 0 Å². The van der Waals surface area contributed by atoms with Crippen molar-refractivity contribution in [3.63, 3.8) is 0 Å². The van der Waals surface area contributed by atoms with E-state index in [2.05, 4.69) is 97.5 Å². The Morgan fingerprint density at radius 1 is 0.879 bits per heavy atom. The third-order valence-electron chi connectivity index (χ3n) is 7.32. The number of rotatable bonds is 6. The van der Waals surface area contributed by atoms with E-state index in [1.807, 2.05) is 6.07 Å². The maximum atomic E-state index is 4.96. The van der Waals surface area contributed by atoms with Crippen LogP contribution in [-0.2, 0) is 6.54 Å². The molecular weight excluding hydrogens is 474 g/mol. The van der Waals surface area contributed by atoms with Gasteiger partial charge in [-0.2, -0.15) is 5.10 Å². The van der Waals surface area contributed by atoms with Gasteiger partial charge >= 0.3 is 0 Å². The van der Waals surface area contributed by atoms with E-state index in [-0.39, 0.29) is 0 Å². The molecule has 1 aliphatic heterocycles. The van der Waals surface area contributed by atoms with E-state index in [0.29, 0.717) is 6.04 Å². The molecule has 174 valence electrons. The molecular formula is C27H34BrN5. The summed E-state index contributed by atoms with van der Waals surface area (Å²) >= 11 is 3.62. The maximum Gasteiger partial charge on any atom is 0.0923 e. The zero-order chi connectivity index (χ0) is 22.6. The first-order chi connectivity index (χ1) is 16.2. The summed E-state index contributed by atoms with van der Waals surface area (Å²) in [6, 6.07) is 20.4. The lowest BCUT2D eigenvalue weighted by atomic mass is 9.90. The van der Waals surface area contributed by atoms with E-state index in [0.717, 1.165) is 28.4 Å². The fourth-order valence-corrected chi connectivity index (χ4v) is 5.59. The summed E-state index contributed by atoms with van der Waals surface area (Å²) in [7, 11) is 2.23. The normalized spacial score (nSPS) is 22.4. The smallest absolute Gasteiger partial charge is 0.0923 e. The van der Waals surface area contributed by atoms with Gasteiger partial charge in [0, 0.05) is 60.7 Å². The second-order valence-corrected chi connectivity index (χ2v) is 10.4. The van der Waals surface area contributed by atoms with Gasteiger partial charge in [-0.1, -0.05) is 46.3 Å². The van der Waals surface area contributed by atoms with Gasteiger partial charge in [0.2, 0.25) is 0 Å². The summed E-state index contributed by atoms with van der Waals surface area (Å²) in [5, 5.41) is 8.46. The molecule has 33 heavy (non-hydrogen) atoms. The average molecular weight is 509 g/mol. The fourth-order valence-electron chi connectivity index (χ4n) is 5.17. The van der Waals surface area contributed by atoms with Crippen LogP contribution in [0.3, 0.4) is 0 Å². The number of benzene rings is 2. The van der Waals surface area contributed by atoms with Crippen molar-refractivity contribution in [3.05, 3.63) is 70.8 Å². The molecule has 1 saturated carbocycles. The highest BCUT2D eigenvalue weighted by molar-refractivity contribution is 9.10. The number of aromatic nitrogens is 2. The Labute approximate surface area is 205 Å². The second-order valence-electron chi connectivity index (χ2n) is 9.50. The van der Waals surface area contributed by atoms with Crippen LogP contribution in [0.4, 0.5) is 5.69 Å². The lowest BCUT2D eigenvalue weighted by molar-refractivity contribution is 0.0811. The number of nitrogens with one attached hydrogen (secondary N) is 1. The Balaban J connectivity index is 1.15. The third kappa shape index (κ3) is 5.51. The van der Waals surface area contributed by atoms with Gasteiger partial charge in [-0.05, 0) is 62.6 Å². The van der Waals surface area contributed by atoms with Gasteiger partial charge < -0.3 is 10.2 Å². The Bertz CT molecular complexity index is 1030. The van der Waals surface area contributed by atoms with E-state index in [9.17, 15) is 0 Å². The first-order valence-corrected chi connectivity index (χ1v) is 13.0. The van der Waals surface area contributed by atoms with Crippen LogP contribution in [0.1, 0.15) is 37.3 Å². The van der Waals surface area contributed by atoms with Crippen LogP contribution >= 0.6 is 15.9 Å². The van der Waals surface area contributed by atoms with Crippen molar-refractivity contribution < 1.29 is 0 Å². The topological polar surface area (TPSA) is 36.3 Å². The van der Waals surface area contributed by atoms with Crippen molar-refractivity contribution in [1.29, 1.82) is 0 Å². The molecule has 1 saturated heterocycles. The maximum absolute atomic E-state index is 4.96. The van der Waals surface area contributed by atoms with Crippen LogP contribution in [0.15, 0.2) is 65.3 Å². The lowest BCUT2D eigenvalue weighted by Gasteiger charge is -2.41. The summed E-state index contributed by atoms with van der Waals surface area (Å²) in [6.45, 7) is 5.67. The number of hydrogen-bond acceptors (Lipinski definition) is 4. The van der Waals surface area contributed by atoms with Gasteiger partial charge in [0.25, 0.3) is 0 Å². The molecule has 0 bridgehead atoms. The van der Waals surface area contributed by atoms with Crippen LogP contribution in [0, 0.1) is 0 Å². The SMILES string of the molecule is CN1CCN([C@H]2CC[C@@H](n3ccc(-c4ccc(NCc5ccccc5Br)cc4)n3)CC2)CC1. The Hall–Kier alpha value is -2.15. The predicted octanol–water partition coefficient (Wildman–Crippen LogP) is 5.66. The molecule has 1 aromatic heterocycles.